The van der Waals surface area contributed by atoms with Gasteiger partial charge in [-0.05, 0) is 61.6 Å². The molecule has 42 heavy (non-hydrogen) atoms. The van der Waals surface area contributed by atoms with Gasteiger partial charge in [0.05, 0.1) is 10.6 Å². The van der Waals surface area contributed by atoms with Gasteiger partial charge in [0.15, 0.2) is 0 Å². The molecule has 2 amide bonds. The van der Waals surface area contributed by atoms with Gasteiger partial charge in [0.25, 0.3) is 10.0 Å². The Morgan fingerprint density at radius 3 is 2.10 bits per heavy atom. The van der Waals surface area contributed by atoms with Crippen LogP contribution in [0.3, 0.4) is 0 Å². The maximum absolute atomic E-state index is 14.3. The quantitative estimate of drug-likeness (QED) is 0.229. The number of benzene rings is 3. The second-order valence-electron chi connectivity index (χ2n) is 10.6. The van der Waals surface area contributed by atoms with Crippen molar-refractivity contribution in [2.45, 2.75) is 64.9 Å². The summed E-state index contributed by atoms with van der Waals surface area (Å²) in [5.74, 6) is -0.682. The standard InChI is InChI=1S/C32H39Cl2N3O4S/c1-6-24-11-8-9-14-30(24)37(42(40,41)25-17-15-23(5)16-18-25)21-31(38)36(20-26-27(33)12-10-13-28(26)34)29(7-2)32(39)35-19-22(3)4/h8-18,22,29H,6-7,19-21H2,1-5H3,(H,35,39). The number of nitrogens with one attached hydrogen (secondary N) is 1. The predicted molar refractivity (Wildman–Crippen MR) is 170 cm³/mol. The number of halogens is 2. The molecular weight excluding hydrogens is 593 g/mol. The molecule has 0 aromatic heterocycles. The maximum atomic E-state index is 14.3. The number of rotatable bonds is 13. The number of carbonyl (C=O) groups excluding carboxylic acids is 2. The van der Waals surface area contributed by atoms with Crippen LogP contribution < -0.4 is 9.62 Å². The molecule has 0 aliphatic rings. The highest BCUT2D eigenvalue weighted by molar-refractivity contribution is 7.92. The largest absolute Gasteiger partial charge is 0.354 e. The summed E-state index contributed by atoms with van der Waals surface area (Å²) >= 11 is 13.0. The first-order chi connectivity index (χ1) is 19.9. The van der Waals surface area contributed by atoms with Crippen molar-refractivity contribution in [2.75, 3.05) is 17.4 Å². The monoisotopic (exact) mass is 631 g/mol. The van der Waals surface area contributed by atoms with E-state index in [4.69, 9.17) is 23.2 Å². The predicted octanol–water partition coefficient (Wildman–Crippen LogP) is 6.64. The zero-order chi connectivity index (χ0) is 31.0. The van der Waals surface area contributed by atoms with E-state index in [0.717, 1.165) is 15.4 Å². The lowest BCUT2D eigenvalue weighted by atomic mass is 10.1. The highest BCUT2D eigenvalue weighted by Crippen LogP contribution is 2.30. The summed E-state index contributed by atoms with van der Waals surface area (Å²) in [5.41, 5.74) is 2.56. The molecule has 226 valence electrons. The topological polar surface area (TPSA) is 86.8 Å². The highest BCUT2D eigenvalue weighted by Gasteiger charge is 2.34. The molecule has 7 nitrogen and oxygen atoms in total. The van der Waals surface area contributed by atoms with Crippen molar-refractivity contribution in [2.24, 2.45) is 5.92 Å². The summed E-state index contributed by atoms with van der Waals surface area (Å²) in [5, 5.41) is 3.61. The van der Waals surface area contributed by atoms with Crippen molar-refractivity contribution in [3.05, 3.63) is 93.5 Å². The SMILES string of the molecule is CCc1ccccc1N(CC(=O)N(Cc1c(Cl)cccc1Cl)C(CC)C(=O)NCC(C)C)S(=O)(=O)c1ccc(C)cc1. The molecule has 0 radical (unpaired) electrons. The third-order valence-corrected chi connectivity index (χ3v) is 9.47. The van der Waals surface area contributed by atoms with Gasteiger partial charge in [0, 0.05) is 28.7 Å². The Balaban J connectivity index is 2.12. The third kappa shape index (κ3) is 8.06. The van der Waals surface area contributed by atoms with E-state index in [1.54, 1.807) is 49.4 Å². The maximum Gasteiger partial charge on any atom is 0.264 e. The zero-order valence-corrected chi connectivity index (χ0v) is 27.1. The van der Waals surface area contributed by atoms with Gasteiger partial charge in [-0.2, -0.15) is 0 Å². The first-order valence-electron chi connectivity index (χ1n) is 14.1. The molecule has 3 aromatic carbocycles. The summed E-state index contributed by atoms with van der Waals surface area (Å²) in [6.45, 7) is 9.40. The van der Waals surface area contributed by atoms with E-state index in [1.807, 2.05) is 39.8 Å². The lowest BCUT2D eigenvalue weighted by Crippen LogP contribution is -2.52. The van der Waals surface area contributed by atoms with Gasteiger partial charge in [-0.25, -0.2) is 8.42 Å². The molecule has 0 aliphatic carbocycles. The van der Waals surface area contributed by atoms with Crippen molar-refractivity contribution < 1.29 is 18.0 Å². The minimum atomic E-state index is -4.16. The third-order valence-electron chi connectivity index (χ3n) is 6.99. The summed E-state index contributed by atoms with van der Waals surface area (Å²) in [6, 6.07) is 17.8. The van der Waals surface area contributed by atoms with Crippen molar-refractivity contribution in [3.8, 4) is 0 Å². The van der Waals surface area contributed by atoms with Crippen molar-refractivity contribution >= 4 is 50.7 Å². The van der Waals surface area contributed by atoms with Crippen LogP contribution in [0, 0.1) is 12.8 Å². The van der Waals surface area contributed by atoms with E-state index < -0.39 is 28.5 Å². The summed E-state index contributed by atoms with van der Waals surface area (Å²) in [6.07, 6.45) is 0.854. The van der Waals surface area contributed by atoms with Gasteiger partial charge >= 0.3 is 0 Å². The Hall–Kier alpha value is -3.07. The van der Waals surface area contributed by atoms with E-state index in [9.17, 15) is 18.0 Å². The van der Waals surface area contributed by atoms with Crippen molar-refractivity contribution in [1.82, 2.24) is 10.2 Å². The highest BCUT2D eigenvalue weighted by atomic mass is 35.5. The van der Waals surface area contributed by atoms with Crippen LogP contribution in [0.5, 0.6) is 0 Å². The first-order valence-corrected chi connectivity index (χ1v) is 16.3. The fourth-order valence-corrected chi connectivity index (χ4v) is 6.57. The number of hydrogen-bond acceptors (Lipinski definition) is 4. The second kappa shape index (κ2) is 14.9. The van der Waals surface area contributed by atoms with E-state index >= 15 is 0 Å². The van der Waals surface area contributed by atoms with E-state index in [-0.39, 0.29) is 23.3 Å². The van der Waals surface area contributed by atoms with Crippen LogP contribution in [0.15, 0.2) is 71.6 Å². The van der Waals surface area contributed by atoms with Crippen molar-refractivity contribution in [3.63, 3.8) is 0 Å². The second-order valence-corrected chi connectivity index (χ2v) is 13.3. The average molecular weight is 633 g/mol. The number of nitrogens with zero attached hydrogens (tertiary/aromatic N) is 2. The Kier molecular flexibility index (Phi) is 11.9. The van der Waals surface area contributed by atoms with Gasteiger partial charge < -0.3 is 10.2 Å². The fraction of sp³-hybridized carbons (Fsp3) is 0.375. The number of hydrogen-bond donors (Lipinski definition) is 1. The lowest BCUT2D eigenvalue weighted by Gasteiger charge is -2.34. The fourth-order valence-electron chi connectivity index (χ4n) is 4.60. The average Bonchev–Trinajstić information content (AvgIpc) is 2.96. The van der Waals surface area contributed by atoms with Gasteiger partial charge in [-0.15, -0.1) is 0 Å². The van der Waals surface area contributed by atoms with E-state index in [1.165, 1.54) is 17.0 Å². The molecule has 1 atom stereocenters. The van der Waals surface area contributed by atoms with Crippen LogP contribution in [-0.4, -0.2) is 44.3 Å². The molecule has 0 bridgehead atoms. The van der Waals surface area contributed by atoms with E-state index in [2.05, 4.69) is 5.32 Å². The van der Waals surface area contributed by atoms with Crippen LogP contribution in [-0.2, 0) is 32.6 Å². The normalized spacial score (nSPS) is 12.2. The number of anilines is 1. The van der Waals surface area contributed by atoms with Crippen LogP contribution in [0.25, 0.3) is 0 Å². The number of aryl methyl sites for hydroxylation is 2. The van der Waals surface area contributed by atoms with Crippen LogP contribution in [0.1, 0.15) is 50.8 Å². The zero-order valence-electron chi connectivity index (χ0n) is 24.7. The Morgan fingerprint density at radius 1 is 0.905 bits per heavy atom. The molecule has 10 heteroatoms. The Morgan fingerprint density at radius 2 is 1.52 bits per heavy atom. The molecule has 0 aliphatic heterocycles. The Labute approximate surface area is 259 Å². The molecule has 3 rings (SSSR count). The molecule has 0 heterocycles. The summed E-state index contributed by atoms with van der Waals surface area (Å²) in [4.78, 5) is 29.1. The van der Waals surface area contributed by atoms with Gasteiger partial charge in [-0.1, -0.05) is 92.9 Å². The number of sulfonamides is 1. The molecule has 0 spiro atoms. The summed E-state index contributed by atoms with van der Waals surface area (Å²) in [7, 11) is -4.16. The van der Waals surface area contributed by atoms with E-state index in [0.29, 0.717) is 40.7 Å². The lowest BCUT2D eigenvalue weighted by molar-refractivity contribution is -0.140. The van der Waals surface area contributed by atoms with Crippen LogP contribution in [0.2, 0.25) is 10.0 Å². The molecular formula is C32H39Cl2N3O4S. The molecule has 0 saturated heterocycles. The molecule has 0 saturated carbocycles. The summed E-state index contributed by atoms with van der Waals surface area (Å²) < 4.78 is 29.4. The number of carbonyl (C=O) groups is 2. The molecule has 1 N–H and O–H groups in total. The van der Waals surface area contributed by atoms with Gasteiger partial charge in [0.2, 0.25) is 11.8 Å². The minimum absolute atomic E-state index is 0.0641. The van der Waals surface area contributed by atoms with Gasteiger partial charge in [-0.3, -0.25) is 13.9 Å². The minimum Gasteiger partial charge on any atom is -0.354 e. The Bertz CT molecular complexity index is 1470. The van der Waals surface area contributed by atoms with Crippen molar-refractivity contribution in [1.29, 1.82) is 0 Å². The number of amides is 2. The van der Waals surface area contributed by atoms with Crippen LogP contribution in [0.4, 0.5) is 5.69 Å². The molecule has 0 fully saturated rings. The molecule has 1 unspecified atom stereocenters. The molecule has 3 aromatic rings. The van der Waals surface area contributed by atoms with Gasteiger partial charge in [0.1, 0.15) is 12.6 Å². The smallest absolute Gasteiger partial charge is 0.264 e. The first kappa shape index (κ1) is 33.4. The van der Waals surface area contributed by atoms with Crippen LogP contribution >= 0.6 is 23.2 Å². The number of para-hydroxylation sites is 1.